The number of carbonyl (C=O) groups excluding carboxylic acids is 2. The number of aryl methyl sites for hydroxylation is 1. The zero-order valence-corrected chi connectivity index (χ0v) is 16.5. The van der Waals surface area contributed by atoms with Crippen LogP contribution in [0.5, 0.6) is 0 Å². The lowest BCUT2D eigenvalue weighted by Gasteiger charge is -2.24. The molecule has 3 aromatic carbocycles. The molecule has 0 unspecified atom stereocenters. The summed E-state index contributed by atoms with van der Waals surface area (Å²) in [6, 6.07) is 24.6. The minimum absolute atomic E-state index is 0.137. The van der Waals surface area contributed by atoms with E-state index in [0.717, 1.165) is 23.1 Å². The van der Waals surface area contributed by atoms with Crippen LogP contribution in [0, 0.1) is 0 Å². The van der Waals surface area contributed by atoms with E-state index in [4.69, 9.17) is 0 Å². The minimum atomic E-state index is -0.504. The first-order chi connectivity index (χ1) is 14.6. The number of aliphatic hydroxyl groups is 1. The quantitative estimate of drug-likeness (QED) is 0.573. The molecule has 1 heterocycles. The summed E-state index contributed by atoms with van der Waals surface area (Å²) in [5.41, 5.74) is 4.22. The van der Waals surface area contributed by atoms with E-state index in [1.165, 1.54) is 0 Å². The highest BCUT2D eigenvalue weighted by molar-refractivity contribution is 6.05. The number of rotatable bonds is 6. The number of hydrogen-bond donors (Lipinski definition) is 3. The van der Waals surface area contributed by atoms with Crippen molar-refractivity contribution in [2.24, 2.45) is 0 Å². The van der Waals surface area contributed by atoms with Crippen LogP contribution in [0.3, 0.4) is 0 Å². The Bertz CT molecular complexity index is 1030. The van der Waals surface area contributed by atoms with E-state index < -0.39 is 12.0 Å². The lowest BCUT2D eigenvalue weighted by atomic mass is 9.90. The highest BCUT2D eigenvalue weighted by Crippen LogP contribution is 2.32. The molecule has 30 heavy (non-hydrogen) atoms. The molecule has 4 rings (SSSR count). The van der Waals surface area contributed by atoms with Crippen molar-refractivity contribution in [2.75, 3.05) is 10.6 Å². The van der Waals surface area contributed by atoms with Crippen LogP contribution < -0.4 is 10.6 Å². The summed E-state index contributed by atoms with van der Waals surface area (Å²) in [7, 11) is 0. The fraction of sp³-hybridized carbons (Fsp3) is 0.200. The van der Waals surface area contributed by atoms with E-state index in [-0.39, 0.29) is 18.2 Å². The van der Waals surface area contributed by atoms with Gasteiger partial charge in [-0.15, -0.1) is 0 Å². The highest BCUT2D eigenvalue weighted by atomic mass is 16.3. The highest BCUT2D eigenvalue weighted by Gasteiger charge is 2.30. The predicted octanol–water partition coefficient (Wildman–Crippen LogP) is 4.42. The first-order valence-electron chi connectivity index (χ1n) is 10.1. The molecular weight excluding hydrogens is 376 g/mol. The predicted molar refractivity (Wildman–Crippen MR) is 117 cm³/mol. The Kier molecular flexibility index (Phi) is 5.91. The second-order valence-corrected chi connectivity index (χ2v) is 7.54. The van der Waals surface area contributed by atoms with Crippen LogP contribution in [0.15, 0.2) is 78.9 Å². The van der Waals surface area contributed by atoms with Gasteiger partial charge in [-0.2, -0.15) is 0 Å². The second-order valence-electron chi connectivity index (χ2n) is 7.54. The zero-order chi connectivity index (χ0) is 20.9. The van der Waals surface area contributed by atoms with E-state index in [2.05, 4.69) is 10.6 Å². The SMILES string of the molecule is O=C1C[C@@H](C(=O)Nc2ccc(CC[C@@H](O)c3ccccc3)cc2)c2ccccc2N1. The van der Waals surface area contributed by atoms with Gasteiger partial charge in [-0.3, -0.25) is 9.59 Å². The number of nitrogens with one attached hydrogen (secondary N) is 2. The van der Waals surface area contributed by atoms with Gasteiger partial charge in [0.2, 0.25) is 11.8 Å². The van der Waals surface area contributed by atoms with Gasteiger partial charge in [-0.25, -0.2) is 0 Å². The largest absolute Gasteiger partial charge is 0.388 e. The third-order valence-electron chi connectivity index (χ3n) is 5.43. The van der Waals surface area contributed by atoms with Crippen LogP contribution in [0.4, 0.5) is 11.4 Å². The number of anilines is 2. The number of para-hydroxylation sites is 1. The fourth-order valence-electron chi connectivity index (χ4n) is 3.77. The van der Waals surface area contributed by atoms with Gasteiger partial charge in [0.1, 0.15) is 0 Å². The van der Waals surface area contributed by atoms with Crippen molar-refractivity contribution < 1.29 is 14.7 Å². The van der Waals surface area contributed by atoms with Crippen molar-refractivity contribution in [3.63, 3.8) is 0 Å². The van der Waals surface area contributed by atoms with E-state index in [0.29, 0.717) is 17.8 Å². The van der Waals surface area contributed by atoms with Gasteiger partial charge in [0.25, 0.3) is 0 Å². The molecule has 3 N–H and O–H groups in total. The third-order valence-corrected chi connectivity index (χ3v) is 5.43. The summed E-state index contributed by atoms with van der Waals surface area (Å²) in [5, 5.41) is 16.0. The summed E-state index contributed by atoms with van der Waals surface area (Å²) in [4.78, 5) is 24.8. The second kappa shape index (κ2) is 8.93. The number of benzene rings is 3. The molecule has 2 amide bonds. The van der Waals surface area contributed by atoms with E-state index in [1.807, 2.05) is 78.9 Å². The lowest BCUT2D eigenvalue weighted by molar-refractivity contribution is -0.123. The van der Waals surface area contributed by atoms with Crippen LogP contribution in [-0.2, 0) is 16.0 Å². The summed E-state index contributed by atoms with van der Waals surface area (Å²) < 4.78 is 0. The molecule has 2 atom stereocenters. The Morgan fingerprint density at radius 3 is 2.47 bits per heavy atom. The van der Waals surface area contributed by atoms with Gasteiger partial charge < -0.3 is 15.7 Å². The topological polar surface area (TPSA) is 78.4 Å². The summed E-state index contributed by atoms with van der Waals surface area (Å²) in [5.74, 6) is -0.846. The molecule has 0 aliphatic carbocycles. The lowest BCUT2D eigenvalue weighted by Crippen LogP contribution is -2.30. The maximum Gasteiger partial charge on any atom is 0.232 e. The molecule has 0 saturated carbocycles. The Labute approximate surface area is 175 Å². The smallest absolute Gasteiger partial charge is 0.232 e. The molecule has 0 spiro atoms. The van der Waals surface area contributed by atoms with Crippen LogP contribution in [-0.4, -0.2) is 16.9 Å². The number of amides is 2. The number of carbonyl (C=O) groups is 2. The standard InChI is InChI=1S/C25H24N2O3/c28-23(18-6-2-1-3-7-18)15-12-17-10-13-19(14-11-17)26-25(30)21-16-24(29)27-22-9-5-4-8-20(21)22/h1-11,13-14,21,23,28H,12,15-16H2,(H,26,30)(H,27,29)/t21-,23-/m1/s1. The molecule has 0 aromatic heterocycles. The van der Waals surface area contributed by atoms with Gasteiger partial charge >= 0.3 is 0 Å². The van der Waals surface area contributed by atoms with E-state index >= 15 is 0 Å². The molecule has 0 bridgehead atoms. The molecular formula is C25H24N2O3. The number of hydrogen-bond acceptors (Lipinski definition) is 3. The molecule has 5 nitrogen and oxygen atoms in total. The summed E-state index contributed by atoms with van der Waals surface area (Å²) >= 11 is 0. The minimum Gasteiger partial charge on any atom is -0.388 e. The van der Waals surface area contributed by atoms with Crippen LogP contribution >= 0.6 is 0 Å². The van der Waals surface area contributed by atoms with Crippen LogP contribution in [0.2, 0.25) is 0 Å². The van der Waals surface area contributed by atoms with Crippen molar-refractivity contribution in [3.05, 3.63) is 95.6 Å². The summed E-state index contributed by atoms with van der Waals surface area (Å²) in [6.07, 6.45) is 1.01. The average molecular weight is 400 g/mol. The molecule has 0 fully saturated rings. The zero-order valence-electron chi connectivity index (χ0n) is 16.5. The van der Waals surface area contributed by atoms with Gasteiger partial charge in [0.15, 0.2) is 0 Å². The molecule has 1 aliphatic heterocycles. The van der Waals surface area contributed by atoms with Crippen molar-refractivity contribution in [3.8, 4) is 0 Å². The first-order valence-corrected chi connectivity index (χ1v) is 10.1. The third kappa shape index (κ3) is 4.58. The van der Waals surface area contributed by atoms with Crippen LogP contribution in [0.1, 0.15) is 41.6 Å². The molecule has 0 saturated heterocycles. The molecule has 152 valence electrons. The Hall–Kier alpha value is -3.44. The average Bonchev–Trinajstić information content (AvgIpc) is 2.78. The molecule has 1 aliphatic rings. The van der Waals surface area contributed by atoms with Crippen molar-refractivity contribution in [2.45, 2.75) is 31.3 Å². The Morgan fingerprint density at radius 1 is 1.00 bits per heavy atom. The maximum absolute atomic E-state index is 12.8. The van der Waals surface area contributed by atoms with Gasteiger partial charge in [-0.1, -0.05) is 60.7 Å². The number of fused-ring (bicyclic) bond motifs is 1. The normalized spacial score (nSPS) is 16.3. The van der Waals surface area contributed by atoms with Crippen molar-refractivity contribution in [1.29, 1.82) is 0 Å². The molecule has 3 aromatic rings. The first kappa shape index (κ1) is 19.9. The monoisotopic (exact) mass is 400 g/mol. The Morgan fingerprint density at radius 2 is 1.70 bits per heavy atom. The maximum atomic E-state index is 12.8. The Balaban J connectivity index is 1.37. The van der Waals surface area contributed by atoms with Gasteiger partial charge in [-0.05, 0) is 47.7 Å². The van der Waals surface area contributed by atoms with Gasteiger partial charge in [0.05, 0.1) is 12.0 Å². The molecule has 5 heteroatoms. The van der Waals surface area contributed by atoms with Crippen LogP contribution in [0.25, 0.3) is 0 Å². The molecule has 0 radical (unpaired) electrons. The van der Waals surface area contributed by atoms with E-state index in [9.17, 15) is 14.7 Å². The van der Waals surface area contributed by atoms with Gasteiger partial charge in [0, 0.05) is 17.8 Å². The van der Waals surface area contributed by atoms with Crippen molar-refractivity contribution in [1.82, 2.24) is 0 Å². The van der Waals surface area contributed by atoms with E-state index in [1.54, 1.807) is 0 Å². The van der Waals surface area contributed by atoms with Crippen molar-refractivity contribution >= 4 is 23.2 Å². The number of aliphatic hydroxyl groups excluding tert-OH is 1. The fourth-order valence-corrected chi connectivity index (χ4v) is 3.77. The summed E-state index contributed by atoms with van der Waals surface area (Å²) in [6.45, 7) is 0.